The van der Waals surface area contributed by atoms with Gasteiger partial charge in [-0.05, 0) is 80.5 Å². The van der Waals surface area contributed by atoms with Gasteiger partial charge in [-0.25, -0.2) is 9.59 Å². The lowest BCUT2D eigenvalue weighted by Gasteiger charge is -2.36. The van der Waals surface area contributed by atoms with Gasteiger partial charge in [0.15, 0.2) is 0 Å². The smallest absolute Gasteiger partial charge is 0.341 e. The number of anilines is 1. The predicted octanol–water partition coefficient (Wildman–Crippen LogP) is 3.95. The molecule has 45 heavy (non-hydrogen) atoms. The van der Waals surface area contributed by atoms with Crippen LogP contribution in [0.5, 0.6) is 0 Å². The molecule has 1 aliphatic heterocycles. The molecule has 1 aliphatic carbocycles. The number of unbranched alkanes of at least 4 members (excludes halogenated alkanes) is 1. The zero-order valence-corrected chi connectivity index (χ0v) is 26.1. The van der Waals surface area contributed by atoms with E-state index in [1.165, 1.54) is 21.9 Å². The van der Waals surface area contributed by atoms with Gasteiger partial charge in [-0.1, -0.05) is 25.1 Å². The quantitative estimate of drug-likeness (QED) is 0.247. The standard InChI is InChI=1S/C35H41N5O5/c1-3-25-18-24(7-6-23(25)2)19-26-20-32(41)39(35(45)36-26)13-5-4-12-37-14-16-38(17-15-37)28-10-11-29-31(21-28)40(27-8-9-27)22-30(33(29)42)34(43)44/h6-7,10-11,18,20-22,27H,3-5,8-9,12-17,19H2,1-2H3,(H,36,45)(H,43,44). The van der Waals surface area contributed by atoms with Crippen molar-refractivity contribution < 1.29 is 9.90 Å². The Kier molecular flexibility index (Phi) is 8.76. The number of aryl methyl sites for hydroxylation is 2. The molecule has 10 nitrogen and oxygen atoms in total. The number of piperazine rings is 1. The van der Waals surface area contributed by atoms with Crippen molar-refractivity contribution >= 4 is 22.6 Å². The van der Waals surface area contributed by atoms with Gasteiger partial charge in [-0.3, -0.25) is 19.1 Å². The number of aromatic amines is 1. The molecule has 2 aromatic heterocycles. The van der Waals surface area contributed by atoms with Crippen molar-refractivity contribution in [3.8, 4) is 0 Å². The minimum Gasteiger partial charge on any atom is -0.477 e. The van der Waals surface area contributed by atoms with Gasteiger partial charge in [-0.2, -0.15) is 0 Å². The van der Waals surface area contributed by atoms with Crippen LogP contribution in [0.3, 0.4) is 0 Å². The number of H-pyrrole nitrogens is 1. The van der Waals surface area contributed by atoms with Crippen molar-refractivity contribution in [2.45, 2.75) is 65.0 Å². The van der Waals surface area contributed by atoms with Gasteiger partial charge < -0.3 is 19.6 Å². The second-order valence-corrected chi connectivity index (χ2v) is 12.4. The van der Waals surface area contributed by atoms with Crippen LogP contribution in [0.25, 0.3) is 10.9 Å². The van der Waals surface area contributed by atoms with Gasteiger partial charge in [0, 0.05) is 74.2 Å². The van der Waals surface area contributed by atoms with Crippen LogP contribution < -0.4 is 21.6 Å². The topological polar surface area (TPSA) is 121 Å². The summed E-state index contributed by atoms with van der Waals surface area (Å²) in [5.74, 6) is -1.19. The molecule has 2 aliphatic rings. The molecule has 0 unspecified atom stereocenters. The molecular formula is C35H41N5O5. The third-order valence-corrected chi connectivity index (χ3v) is 9.30. The molecule has 0 spiro atoms. The number of nitrogens with zero attached hydrogens (tertiary/aromatic N) is 4. The molecule has 2 aromatic carbocycles. The highest BCUT2D eigenvalue weighted by molar-refractivity contribution is 5.93. The van der Waals surface area contributed by atoms with Crippen molar-refractivity contribution in [1.29, 1.82) is 0 Å². The van der Waals surface area contributed by atoms with Crippen LogP contribution >= 0.6 is 0 Å². The molecule has 10 heteroatoms. The Balaban J connectivity index is 1.02. The zero-order chi connectivity index (χ0) is 31.7. The molecule has 0 amide bonds. The molecular weight excluding hydrogens is 570 g/mol. The van der Waals surface area contributed by atoms with Crippen molar-refractivity contribution in [3.63, 3.8) is 0 Å². The predicted molar refractivity (Wildman–Crippen MR) is 176 cm³/mol. The summed E-state index contributed by atoms with van der Waals surface area (Å²) < 4.78 is 3.27. The van der Waals surface area contributed by atoms with Crippen molar-refractivity contribution in [3.05, 3.63) is 108 Å². The summed E-state index contributed by atoms with van der Waals surface area (Å²) in [7, 11) is 0. The number of carboxylic acid groups (broad SMARTS) is 1. The van der Waals surface area contributed by atoms with Crippen LogP contribution in [0, 0.1) is 6.92 Å². The highest BCUT2D eigenvalue weighted by Gasteiger charge is 2.27. The lowest BCUT2D eigenvalue weighted by Crippen LogP contribution is -2.46. The third kappa shape index (κ3) is 6.66. The second kappa shape index (κ2) is 12.9. The normalized spacial score (nSPS) is 15.6. The lowest BCUT2D eigenvalue weighted by molar-refractivity contribution is 0.0695. The van der Waals surface area contributed by atoms with E-state index in [1.807, 2.05) is 22.8 Å². The van der Waals surface area contributed by atoms with Gasteiger partial charge in [0.25, 0.3) is 5.56 Å². The summed E-state index contributed by atoms with van der Waals surface area (Å²) in [6.45, 7) is 8.96. The maximum absolute atomic E-state index is 12.8. The fraction of sp³-hybridized carbons (Fsp3) is 0.429. The summed E-state index contributed by atoms with van der Waals surface area (Å²) in [4.78, 5) is 57.6. The van der Waals surface area contributed by atoms with E-state index < -0.39 is 11.4 Å². The van der Waals surface area contributed by atoms with Gasteiger partial charge >= 0.3 is 11.7 Å². The van der Waals surface area contributed by atoms with Crippen molar-refractivity contribution in [2.75, 3.05) is 37.6 Å². The summed E-state index contributed by atoms with van der Waals surface area (Å²) >= 11 is 0. The Morgan fingerprint density at radius 2 is 1.71 bits per heavy atom. The summed E-state index contributed by atoms with van der Waals surface area (Å²) in [6, 6.07) is 13.8. The van der Waals surface area contributed by atoms with Gasteiger partial charge in [0.05, 0.1) is 5.52 Å². The Morgan fingerprint density at radius 3 is 2.40 bits per heavy atom. The summed E-state index contributed by atoms with van der Waals surface area (Å²) in [6.07, 6.45) is 6.57. The maximum Gasteiger partial charge on any atom is 0.341 e. The minimum atomic E-state index is -1.19. The number of hydrogen-bond acceptors (Lipinski definition) is 6. The number of fused-ring (bicyclic) bond motifs is 1. The van der Waals surface area contributed by atoms with Crippen molar-refractivity contribution in [2.24, 2.45) is 0 Å². The van der Waals surface area contributed by atoms with Crippen LogP contribution in [0.2, 0.25) is 0 Å². The molecule has 236 valence electrons. The first-order valence-corrected chi connectivity index (χ1v) is 16.0. The van der Waals surface area contributed by atoms with E-state index in [4.69, 9.17) is 0 Å². The highest BCUT2D eigenvalue weighted by Crippen LogP contribution is 2.37. The molecule has 3 heterocycles. The first-order valence-electron chi connectivity index (χ1n) is 16.0. The molecule has 4 aromatic rings. The number of benzene rings is 2. The van der Waals surface area contributed by atoms with Gasteiger partial charge in [-0.15, -0.1) is 0 Å². The zero-order valence-electron chi connectivity index (χ0n) is 26.1. The highest BCUT2D eigenvalue weighted by atomic mass is 16.4. The number of nitrogens with one attached hydrogen (secondary N) is 1. The van der Waals surface area contributed by atoms with Gasteiger partial charge in [0.2, 0.25) is 5.43 Å². The number of carbonyl (C=O) groups is 1. The molecule has 1 saturated heterocycles. The number of carboxylic acids is 1. The Bertz CT molecular complexity index is 1880. The van der Waals surface area contributed by atoms with E-state index >= 15 is 0 Å². The van der Waals surface area contributed by atoms with E-state index in [-0.39, 0.29) is 22.9 Å². The summed E-state index contributed by atoms with van der Waals surface area (Å²) in [5.41, 5.74) is 4.86. The first kappa shape index (κ1) is 30.6. The second-order valence-electron chi connectivity index (χ2n) is 12.4. The number of pyridine rings is 1. The van der Waals surface area contributed by atoms with Crippen LogP contribution in [-0.2, 0) is 19.4 Å². The van der Waals surface area contributed by atoms with Crippen LogP contribution in [-0.4, -0.2) is 62.8 Å². The molecule has 2 fully saturated rings. The van der Waals surface area contributed by atoms with Crippen LogP contribution in [0.15, 0.2) is 63.0 Å². The Labute approximate surface area is 261 Å². The molecule has 6 rings (SSSR count). The van der Waals surface area contributed by atoms with E-state index in [0.29, 0.717) is 24.0 Å². The fourth-order valence-corrected chi connectivity index (χ4v) is 6.49. The number of rotatable bonds is 11. The average Bonchev–Trinajstić information content (AvgIpc) is 3.87. The number of aromatic nitrogens is 3. The lowest BCUT2D eigenvalue weighted by atomic mass is 10.0. The third-order valence-electron chi connectivity index (χ3n) is 9.30. The number of aromatic carboxylic acids is 1. The largest absolute Gasteiger partial charge is 0.477 e. The Hall–Kier alpha value is -4.44. The van der Waals surface area contributed by atoms with E-state index in [0.717, 1.165) is 81.6 Å². The monoisotopic (exact) mass is 611 g/mol. The fourth-order valence-electron chi connectivity index (χ4n) is 6.49. The average molecular weight is 612 g/mol. The van der Waals surface area contributed by atoms with Crippen molar-refractivity contribution in [1.82, 2.24) is 19.0 Å². The molecule has 1 saturated carbocycles. The van der Waals surface area contributed by atoms with Gasteiger partial charge in [0.1, 0.15) is 5.56 Å². The minimum absolute atomic E-state index is 0.175. The van der Waals surface area contributed by atoms with Crippen LogP contribution in [0.1, 0.15) is 71.4 Å². The van der Waals surface area contributed by atoms with E-state index in [1.54, 1.807) is 12.1 Å². The number of hydrogen-bond donors (Lipinski definition) is 2. The van der Waals surface area contributed by atoms with E-state index in [9.17, 15) is 24.3 Å². The SMILES string of the molecule is CCc1cc(Cc2cc(=O)n(CCCCN3CCN(c4ccc5c(=O)c(C(=O)O)cn(C6CC6)c5c4)CC3)c(=O)[nH]2)ccc1C. The van der Waals surface area contributed by atoms with Crippen LogP contribution in [0.4, 0.5) is 5.69 Å². The molecule has 2 N–H and O–H groups in total. The molecule has 0 atom stereocenters. The summed E-state index contributed by atoms with van der Waals surface area (Å²) in [5, 5.41) is 9.97. The maximum atomic E-state index is 12.8. The Morgan fingerprint density at radius 1 is 0.956 bits per heavy atom. The first-order chi connectivity index (χ1) is 21.7. The molecule has 0 radical (unpaired) electrons. The van der Waals surface area contributed by atoms with E-state index in [2.05, 4.69) is 40.8 Å². The molecule has 0 bridgehead atoms.